The Hall–Kier alpha value is -3.16. The highest BCUT2D eigenvalue weighted by molar-refractivity contribution is 7.89. The van der Waals surface area contributed by atoms with Crippen LogP contribution in [0.25, 0.3) is 0 Å². The summed E-state index contributed by atoms with van der Waals surface area (Å²) >= 11 is 0. The molecule has 0 bridgehead atoms. The molecule has 0 radical (unpaired) electrons. The van der Waals surface area contributed by atoms with Crippen LogP contribution in [0.3, 0.4) is 0 Å². The number of hydrogen-bond acceptors (Lipinski definition) is 4. The maximum absolute atomic E-state index is 13.3. The van der Waals surface area contributed by atoms with Gasteiger partial charge in [0.25, 0.3) is 0 Å². The number of amides is 1. The van der Waals surface area contributed by atoms with Crippen molar-refractivity contribution in [3.05, 3.63) is 89.0 Å². The molecule has 32 heavy (non-hydrogen) atoms. The van der Waals surface area contributed by atoms with Crippen molar-refractivity contribution in [2.45, 2.75) is 38.1 Å². The third-order valence-electron chi connectivity index (χ3n) is 4.99. The lowest BCUT2D eigenvalue weighted by Crippen LogP contribution is -2.45. The predicted molar refractivity (Wildman–Crippen MR) is 127 cm³/mol. The summed E-state index contributed by atoms with van der Waals surface area (Å²) in [6.07, 6.45) is 0.199. The molecule has 1 atom stereocenters. The molecule has 7 heteroatoms. The number of anilines is 1. The van der Waals surface area contributed by atoms with E-state index >= 15 is 0 Å². The Morgan fingerprint density at radius 3 is 2.19 bits per heavy atom. The normalized spacial score (nSPS) is 12.2. The Labute approximate surface area is 189 Å². The van der Waals surface area contributed by atoms with Crippen LogP contribution in [0.4, 0.5) is 5.69 Å². The van der Waals surface area contributed by atoms with E-state index in [9.17, 15) is 13.2 Å². The Morgan fingerprint density at radius 2 is 1.56 bits per heavy atom. The van der Waals surface area contributed by atoms with Gasteiger partial charge in [0.05, 0.1) is 7.11 Å². The highest BCUT2D eigenvalue weighted by Crippen LogP contribution is 2.25. The highest BCUT2D eigenvalue weighted by atomic mass is 32.2. The van der Waals surface area contributed by atoms with Gasteiger partial charge in [0.2, 0.25) is 15.9 Å². The first-order valence-electron chi connectivity index (χ1n) is 10.3. The number of carbonyl (C=O) groups is 1. The second-order valence-electron chi connectivity index (χ2n) is 7.88. The van der Waals surface area contributed by atoms with E-state index < -0.39 is 22.0 Å². The molecule has 0 heterocycles. The maximum atomic E-state index is 13.3. The van der Waals surface area contributed by atoms with Crippen molar-refractivity contribution in [1.29, 1.82) is 0 Å². The first-order chi connectivity index (χ1) is 15.2. The summed E-state index contributed by atoms with van der Waals surface area (Å²) in [5, 5.41) is 2.86. The van der Waals surface area contributed by atoms with Gasteiger partial charge in [-0.15, -0.1) is 0 Å². The van der Waals surface area contributed by atoms with Crippen LogP contribution in [0, 0.1) is 20.8 Å². The lowest BCUT2D eigenvalue weighted by molar-refractivity contribution is -0.117. The molecule has 6 nitrogen and oxygen atoms in total. The number of nitrogens with one attached hydrogen (secondary N) is 2. The zero-order valence-corrected chi connectivity index (χ0v) is 19.5. The van der Waals surface area contributed by atoms with Crippen LogP contribution in [-0.2, 0) is 21.2 Å². The van der Waals surface area contributed by atoms with Crippen LogP contribution >= 0.6 is 0 Å². The lowest BCUT2D eigenvalue weighted by atomic mass is 10.1. The third-order valence-corrected chi connectivity index (χ3v) is 6.49. The molecular weight excluding hydrogens is 424 g/mol. The third kappa shape index (κ3) is 5.96. The van der Waals surface area contributed by atoms with E-state index in [-0.39, 0.29) is 17.1 Å². The number of hydrogen-bond donors (Lipinski definition) is 2. The summed E-state index contributed by atoms with van der Waals surface area (Å²) in [6.45, 7) is 5.68. The number of sulfonamides is 1. The second kappa shape index (κ2) is 9.97. The molecule has 0 spiro atoms. The van der Waals surface area contributed by atoms with E-state index in [1.165, 1.54) is 13.2 Å². The van der Waals surface area contributed by atoms with Gasteiger partial charge in [-0.25, -0.2) is 8.42 Å². The van der Waals surface area contributed by atoms with E-state index in [1.54, 1.807) is 19.1 Å². The van der Waals surface area contributed by atoms with Crippen molar-refractivity contribution < 1.29 is 17.9 Å². The van der Waals surface area contributed by atoms with Crippen LogP contribution in [0.5, 0.6) is 5.75 Å². The first kappa shape index (κ1) is 23.5. The average molecular weight is 453 g/mol. The molecule has 3 aromatic rings. The average Bonchev–Trinajstić information content (AvgIpc) is 2.73. The molecule has 0 aliphatic rings. The molecule has 3 rings (SSSR count). The van der Waals surface area contributed by atoms with Crippen molar-refractivity contribution in [2.75, 3.05) is 12.4 Å². The second-order valence-corrected chi connectivity index (χ2v) is 9.57. The summed E-state index contributed by atoms with van der Waals surface area (Å²) in [6, 6.07) is 18.9. The monoisotopic (exact) mass is 452 g/mol. The van der Waals surface area contributed by atoms with Gasteiger partial charge in [-0.2, -0.15) is 4.72 Å². The minimum Gasteiger partial charge on any atom is -0.495 e. The van der Waals surface area contributed by atoms with Crippen LogP contribution < -0.4 is 14.8 Å². The largest absolute Gasteiger partial charge is 0.495 e. The zero-order chi connectivity index (χ0) is 23.3. The van der Waals surface area contributed by atoms with Gasteiger partial charge in [0, 0.05) is 5.69 Å². The molecule has 0 saturated heterocycles. The number of aryl methyl sites for hydroxylation is 3. The van der Waals surface area contributed by atoms with Gasteiger partial charge < -0.3 is 10.1 Å². The Kier molecular flexibility index (Phi) is 7.33. The highest BCUT2D eigenvalue weighted by Gasteiger charge is 2.28. The van der Waals surface area contributed by atoms with Gasteiger partial charge in [-0.1, -0.05) is 42.5 Å². The van der Waals surface area contributed by atoms with Gasteiger partial charge in [-0.05, 0) is 73.7 Å². The van der Waals surface area contributed by atoms with Crippen molar-refractivity contribution >= 4 is 21.6 Å². The number of carbonyl (C=O) groups excluding carboxylic acids is 1. The Morgan fingerprint density at radius 1 is 0.906 bits per heavy atom. The summed E-state index contributed by atoms with van der Waals surface area (Å²) in [7, 11) is -2.62. The molecule has 0 aliphatic heterocycles. The van der Waals surface area contributed by atoms with Crippen LogP contribution in [0.15, 0.2) is 71.6 Å². The van der Waals surface area contributed by atoms with Crippen molar-refractivity contribution in [3.63, 3.8) is 0 Å². The Balaban J connectivity index is 1.93. The fourth-order valence-electron chi connectivity index (χ4n) is 3.56. The molecule has 0 aliphatic carbocycles. The van der Waals surface area contributed by atoms with Gasteiger partial charge in [0.15, 0.2) is 0 Å². The first-order valence-corrected chi connectivity index (χ1v) is 11.8. The number of rotatable bonds is 8. The fourth-order valence-corrected chi connectivity index (χ4v) is 5.01. The van der Waals surface area contributed by atoms with E-state index in [4.69, 9.17) is 4.74 Å². The molecule has 0 fully saturated rings. The molecule has 1 unspecified atom stereocenters. The topological polar surface area (TPSA) is 84.5 Å². The van der Waals surface area contributed by atoms with Crippen LogP contribution in [-0.4, -0.2) is 27.5 Å². The summed E-state index contributed by atoms with van der Waals surface area (Å²) in [5.41, 5.74) is 4.24. The van der Waals surface area contributed by atoms with Crippen molar-refractivity contribution in [3.8, 4) is 5.75 Å². The van der Waals surface area contributed by atoms with Crippen LogP contribution in [0.1, 0.15) is 22.3 Å². The molecule has 0 saturated carbocycles. The molecule has 2 N–H and O–H groups in total. The smallest absolute Gasteiger partial charge is 0.245 e. The summed E-state index contributed by atoms with van der Waals surface area (Å²) in [4.78, 5) is 13.2. The molecule has 3 aromatic carbocycles. The lowest BCUT2D eigenvalue weighted by Gasteiger charge is -2.20. The molecule has 168 valence electrons. The van der Waals surface area contributed by atoms with Crippen molar-refractivity contribution in [2.24, 2.45) is 0 Å². The quantitative estimate of drug-likeness (QED) is 0.538. The Bertz CT molecular complexity index is 1190. The zero-order valence-electron chi connectivity index (χ0n) is 18.7. The van der Waals surface area contributed by atoms with Gasteiger partial charge in [-0.3, -0.25) is 4.79 Å². The number of benzene rings is 3. The van der Waals surface area contributed by atoms with Crippen LogP contribution in [0.2, 0.25) is 0 Å². The van der Waals surface area contributed by atoms with Gasteiger partial charge >= 0.3 is 0 Å². The fraction of sp³-hybridized carbons (Fsp3) is 0.240. The maximum Gasteiger partial charge on any atom is 0.245 e. The number of methoxy groups -OCH3 is 1. The molecular formula is C25H28N2O4S. The molecule has 1 amide bonds. The predicted octanol–water partition coefficient (Wildman–Crippen LogP) is 4.15. The molecule has 0 aromatic heterocycles. The summed E-state index contributed by atoms with van der Waals surface area (Å²) < 4.78 is 34.4. The minimum absolute atomic E-state index is 0.00254. The minimum atomic E-state index is -4.03. The van der Waals surface area contributed by atoms with E-state index in [1.807, 2.05) is 62.4 Å². The van der Waals surface area contributed by atoms with E-state index in [0.717, 1.165) is 22.3 Å². The SMILES string of the molecule is COc1ccc(C)cc1S(=O)(=O)NC(Cc1ccccc1)C(=O)Nc1cc(C)cc(C)c1. The standard InChI is InChI=1S/C25H28N2O4S/c1-17-10-11-23(31-4)24(15-17)32(29,30)27-22(16-20-8-6-5-7-9-20)25(28)26-21-13-18(2)12-19(3)14-21/h5-15,22,27H,16H2,1-4H3,(H,26,28). The van der Waals surface area contributed by atoms with E-state index in [0.29, 0.717) is 5.69 Å². The number of ether oxygens (including phenoxy) is 1. The van der Waals surface area contributed by atoms with Crippen molar-refractivity contribution in [1.82, 2.24) is 4.72 Å². The summed E-state index contributed by atoms with van der Waals surface area (Å²) in [5.74, 6) is -0.217. The van der Waals surface area contributed by atoms with E-state index in [2.05, 4.69) is 10.0 Å². The van der Waals surface area contributed by atoms with Gasteiger partial charge in [0.1, 0.15) is 16.7 Å².